The number of nitrogens with zero attached hydrogens (tertiary/aromatic N) is 1. The number of aliphatic imine (C=N–C) groups is 1. The van der Waals surface area contributed by atoms with Gasteiger partial charge >= 0.3 is 11.9 Å². The number of allylic oxidation sites excluding steroid dienone is 1. The van der Waals surface area contributed by atoms with E-state index in [0.29, 0.717) is 29.2 Å². The molecule has 2 aromatic rings. The molecule has 0 N–H and O–H groups in total. The van der Waals surface area contributed by atoms with Crippen molar-refractivity contribution in [3.8, 4) is 5.75 Å². The summed E-state index contributed by atoms with van der Waals surface area (Å²) < 4.78 is 16.1. The van der Waals surface area contributed by atoms with Crippen LogP contribution in [0.4, 0.5) is 0 Å². The number of methoxy groups -OCH3 is 1. The van der Waals surface area contributed by atoms with Crippen LogP contribution in [-0.2, 0) is 23.9 Å². The number of thiophene rings is 1. The largest absolute Gasteiger partial charge is 0.497 e. The van der Waals surface area contributed by atoms with Crippen molar-refractivity contribution >= 4 is 34.8 Å². The number of hydrogen-bond acceptors (Lipinski definition) is 8. The van der Waals surface area contributed by atoms with Crippen LogP contribution in [0.3, 0.4) is 0 Å². The van der Waals surface area contributed by atoms with E-state index >= 15 is 0 Å². The fourth-order valence-electron chi connectivity index (χ4n) is 5.15. The maximum atomic E-state index is 14.2. The Balaban J connectivity index is 1.86. The predicted octanol–water partition coefficient (Wildman–Crippen LogP) is 4.68. The van der Waals surface area contributed by atoms with Crippen LogP contribution in [0.5, 0.6) is 5.75 Å². The van der Waals surface area contributed by atoms with Gasteiger partial charge in [-0.1, -0.05) is 12.1 Å². The van der Waals surface area contributed by atoms with E-state index in [1.165, 1.54) is 11.3 Å². The molecule has 1 aromatic heterocycles. The zero-order valence-electron chi connectivity index (χ0n) is 20.3. The lowest BCUT2D eigenvalue weighted by Gasteiger charge is -2.41. The highest BCUT2D eigenvalue weighted by Crippen LogP contribution is 2.48. The summed E-state index contributed by atoms with van der Waals surface area (Å²) in [6.45, 7) is 5.62. The Morgan fingerprint density at radius 2 is 1.86 bits per heavy atom. The molecule has 184 valence electrons. The van der Waals surface area contributed by atoms with Crippen LogP contribution in [0.15, 0.2) is 57.4 Å². The molecule has 1 unspecified atom stereocenters. The lowest BCUT2D eigenvalue weighted by molar-refractivity contribution is -0.153. The molecule has 0 amide bonds. The van der Waals surface area contributed by atoms with Crippen LogP contribution in [-0.4, -0.2) is 43.8 Å². The van der Waals surface area contributed by atoms with Gasteiger partial charge in [-0.2, -0.15) is 11.3 Å². The third-order valence-electron chi connectivity index (χ3n) is 6.61. The molecule has 0 bridgehead atoms. The van der Waals surface area contributed by atoms with Crippen molar-refractivity contribution < 1.29 is 28.6 Å². The third-order valence-corrected chi connectivity index (χ3v) is 7.31. The quantitative estimate of drug-likeness (QED) is 0.409. The summed E-state index contributed by atoms with van der Waals surface area (Å²) in [5.41, 5.74) is 3.23. The second-order valence-corrected chi connectivity index (χ2v) is 9.33. The van der Waals surface area contributed by atoms with E-state index in [4.69, 9.17) is 19.2 Å². The topological polar surface area (TPSA) is 91.3 Å². The summed E-state index contributed by atoms with van der Waals surface area (Å²) in [7, 11) is 1.58. The number of fused-ring (bicyclic) bond motifs is 1. The lowest BCUT2D eigenvalue weighted by Crippen LogP contribution is -2.48. The molecule has 2 heterocycles. The van der Waals surface area contributed by atoms with Crippen LogP contribution < -0.4 is 4.74 Å². The minimum Gasteiger partial charge on any atom is -0.497 e. The van der Waals surface area contributed by atoms with E-state index in [0.717, 1.165) is 11.1 Å². The van der Waals surface area contributed by atoms with Gasteiger partial charge in [0.15, 0.2) is 5.78 Å². The Kier molecular flexibility index (Phi) is 7.50. The molecule has 35 heavy (non-hydrogen) atoms. The fraction of sp³-hybridized carbons (Fsp3) is 0.407. The molecule has 4 atom stereocenters. The fourth-order valence-corrected chi connectivity index (χ4v) is 5.85. The normalized spacial score (nSPS) is 23.9. The van der Waals surface area contributed by atoms with Crippen LogP contribution >= 0.6 is 11.3 Å². The summed E-state index contributed by atoms with van der Waals surface area (Å²) in [5.74, 6) is -3.47. The molecule has 2 aliphatic rings. The third kappa shape index (κ3) is 4.67. The van der Waals surface area contributed by atoms with Crippen molar-refractivity contribution in [1.82, 2.24) is 0 Å². The molecule has 0 saturated heterocycles. The molecule has 1 aliphatic carbocycles. The van der Waals surface area contributed by atoms with Gasteiger partial charge in [-0.25, -0.2) is 4.79 Å². The van der Waals surface area contributed by atoms with E-state index in [-0.39, 0.29) is 19.0 Å². The second-order valence-electron chi connectivity index (χ2n) is 8.55. The maximum Gasteiger partial charge on any atom is 0.336 e. The number of benzene rings is 1. The number of carbonyl (C=O) groups excluding carboxylic acids is 3. The van der Waals surface area contributed by atoms with Crippen molar-refractivity contribution in [2.75, 3.05) is 20.3 Å². The SMILES string of the molecule is CCOC(=O)C1=C(C)N=C2C[C@H](c3cccc(OC)c3)[C@H](C(=O)OCC)C(=O)C2[C@@H]1c1ccsc1. The van der Waals surface area contributed by atoms with Crippen molar-refractivity contribution in [2.45, 2.75) is 39.0 Å². The number of ketones is 1. The van der Waals surface area contributed by atoms with Gasteiger partial charge in [-0.15, -0.1) is 0 Å². The second kappa shape index (κ2) is 10.6. The highest BCUT2D eigenvalue weighted by molar-refractivity contribution is 7.08. The molecule has 1 aromatic carbocycles. The summed E-state index contributed by atoms with van der Waals surface area (Å²) >= 11 is 1.49. The minimum atomic E-state index is -1.02. The number of Topliss-reactive ketones (excluding diaryl/α,β-unsaturated/α-hetero) is 1. The number of rotatable bonds is 7. The first-order valence-electron chi connectivity index (χ1n) is 11.7. The Morgan fingerprint density at radius 3 is 2.51 bits per heavy atom. The van der Waals surface area contributed by atoms with Crippen molar-refractivity contribution in [3.05, 3.63) is 63.5 Å². The first-order chi connectivity index (χ1) is 16.9. The molecule has 7 nitrogen and oxygen atoms in total. The van der Waals surface area contributed by atoms with Crippen molar-refractivity contribution in [2.24, 2.45) is 16.8 Å². The summed E-state index contributed by atoms with van der Waals surface area (Å²) in [6.07, 6.45) is 0.390. The molecule has 4 rings (SSSR count). The Hall–Kier alpha value is -3.26. The smallest absolute Gasteiger partial charge is 0.336 e. The lowest BCUT2D eigenvalue weighted by atomic mass is 9.62. The zero-order chi connectivity index (χ0) is 25.1. The zero-order valence-corrected chi connectivity index (χ0v) is 21.1. The monoisotopic (exact) mass is 495 g/mol. The molecular formula is C27H29NO6S. The summed E-state index contributed by atoms with van der Waals surface area (Å²) in [4.78, 5) is 45.1. The summed E-state index contributed by atoms with van der Waals surface area (Å²) in [5, 5.41) is 3.84. The van der Waals surface area contributed by atoms with E-state index < -0.39 is 35.6 Å². The van der Waals surface area contributed by atoms with E-state index in [9.17, 15) is 14.4 Å². The van der Waals surface area contributed by atoms with Gasteiger partial charge in [0.05, 0.1) is 31.8 Å². The Morgan fingerprint density at radius 1 is 1.09 bits per heavy atom. The number of esters is 2. The Bertz CT molecular complexity index is 1180. The van der Waals surface area contributed by atoms with Crippen molar-refractivity contribution in [1.29, 1.82) is 0 Å². The van der Waals surface area contributed by atoms with Gasteiger partial charge in [0.2, 0.25) is 0 Å². The van der Waals surface area contributed by atoms with Gasteiger partial charge < -0.3 is 14.2 Å². The maximum absolute atomic E-state index is 14.2. The van der Waals surface area contributed by atoms with E-state index in [1.54, 1.807) is 27.9 Å². The highest BCUT2D eigenvalue weighted by atomic mass is 32.1. The standard InChI is InChI=1S/C27H29NO6S/c1-5-33-26(30)21-15(3)28-20-13-19(16-8-7-9-18(12-16)32-4)23(27(31)34-6-2)25(29)24(20)22(21)17-10-11-35-14-17/h7-12,14,19,22-24H,5-6,13H2,1-4H3/t19-,22-,23+,24?/m1/s1. The van der Waals surface area contributed by atoms with Crippen LogP contribution in [0.1, 0.15) is 50.2 Å². The van der Waals surface area contributed by atoms with Gasteiger partial charge in [0.25, 0.3) is 0 Å². The van der Waals surface area contributed by atoms with Gasteiger partial charge in [0.1, 0.15) is 11.7 Å². The van der Waals surface area contributed by atoms with E-state index in [1.807, 2.05) is 41.1 Å². The Labute approximate surface area is 208 Å². The van der Waals surface area contributed by atoms with E-state index in [2.05, 4.69) is 0 Å². The van der Waals surface area contributed by atoms with Crippen LogP contribution in [0.25, 0.3) is 0 Å². The first kappa shape index (κ1) is 24.9. The van der Waals surface area contributed by atoms with Crippen LogP contribution in [0.2, 0.25) is 0 Å². The number of ether oxygens (including phenoxy) is 3. The van der Waals surface area contributed by atoms with Crippen LogP contribution in [0, 0.1) is 11.8 Å². The molecule has 1 saturated carbocycles. The first-order valence-corrected chi connectivity index (χ1v) is 12.7. The summed E-state index contributed by atoms with van der Waals surface area (Å²) in [6, 6.07) is 9.30. The van der Waals surface area contributed by atoms with Crippen molar-refractivity contribution in [3.63, 3.8) is 0 Å². The van der Waals surface area contributed by atoms with Gasteiger partial charge in [-0.3, -0.25) is 14.6 Å². The number of carbonyl (C=O) groups is 3. The van der Waals surface area contributed by atoms with Gasteiger partial charge in [-0.05, 0) is 67.3 Å². The predicted molar refractivity (Wildman–Crippen MR) is 133 cm³/mol. The molecule has 8 heteroatoms. The molecule has 0 radical (unpaired) electrons. The minimum absolute atomic E-state index is 0.167. The molecule has 1 aliphatic heterocycles. The highest BCUT2D eigenvalue weighted by Gasteiger charge is 2.53. The van der Waals surface area contributed by atoms with Gasteiger partial charge in [0, 0.05) is 23.2 Å². The molecular weight excluding hydrogens is 466 g/mol. The average Bonchev–Trinajstić information content (AvgIpc) is 3.38. The average molecular weight is 496 g/mol. The number of hydrogen-bond donors (Lipinski definition) is 0. The molecule has 1 fully saturated rings. The molecule has 0 spiro atoms.